The highest BCUT2D eigenvalue weighted by Gasteiger charge is 2.53. The van der Waals surface area contributed by atoms with Crippen molar-refractivity contribution in [3.05, 3.63) is 0 Å². The molecule has 15 atom stereocenters. The van der Waals surface area contributed by atoms with Crippen molar-refractivity contribution < 1.29 is 119 Å². The Morgan fingerprint density at radius 3 is 0.797 bits per heavy atom. The van der Waals surface area contributed by atoms with E-state index < -0.39 is 24.4 Å². The molecule has 822 valence electrons. The van der Waals surface area contributed by atoms with Crippen LogP contribution >= 0.6 is 0 Å². The Balaban J connectivity index is 0.000000814. The first kappa shape index (κ1) is 120. The van der Waals surface area contributed by atoms with Gasteiger partial charge in [0.2, 0.25) is 29.7 Å². The molecule has 1 aromatic rings. The fraction of sp³-hybridized carbons (Fsp3) is 0.782. The van der Waals surface area contributed by atoms with Gasteiger partial charge in [0.05, 0.1) is 152 Å². The number of nitrogens with one attached hydrogen (secondary N) is 8. The first-order valence-electron chi connectivity index (χ1n) is 54.9. The maximum Gasteiger partial charge on any atom is 0.407 e. The van der Waals surface area contributed by atoms with E-state index in [4.69, 9.17) is 81.3 Å². The monoisotopic (exact) mass is 2070 g/mol. The van der Waals surface area contributed by atoms with Crippen LogP contribution in [0.3, 0.4) is 0 Å². The van der Waals surface area contributed by atoms with E-state index in [0.29, 0.717) is 174 Å². The second-order valence-electron chi connectivity index (χ2n) is 40.1. The minimum atomic E-state index is -0.502. The predicted octanol–water partition coefficient (Wildman–Crippen LogP) is 10.6. The summed E-state index contributed by atoms with van der Waals surface area (Å²) < 4.78 is 80.3. The molecule has 148 heavy (non-hydrogen) atoms. The number of ketones is 4. The highest BCUT2D eigenvalue weighted by atomic mass is 16.6. The number of hydrogen-bond acceptors (Lipinski definition) is 31. The Morgan fingerprint density at radius 2 is 0.507 bits per heavy atom. The molecule has 38 heteroatoms. The quantitative estimate of drug-likeness (QED) is 0.0171. The van der Waals surface area contributed by atoms with Crippen molar-refractivity contribution in [2.75, 3.05) is 246 Å². The molecule has 0 spiro atoms. The van der Waals surface area contributed by atoms with Gasteiger partial charge in [-0.25, -0.2) is 24.0 Å². The molecule has 0 bridgehead atoms. The number of alkyl carbamates (subject to hydrolysis) is 5. The predicted molar refractivity (Wildman–Crippen MR) is 552 cm³/mol. The van der Waals surface area contributed by atoms with Crippen molar-refractivity contribution in [1.29, 1.82) is 0 Å². The number of ether oxygens (including phenoxy) is 14. The van der Waals surface area contributed by atoms with Crippen molar-refractivity contribution in [1.82, 2.24) is 52.2 Å². The summed E-state index contributed by atoms with van der Waals surface area (Å²) in [5.41, 5.74) is 0. The van der Waals surface area contributed by atoms with Gasteiger partial charge in [-0.15, -0.1) is 59.2 Å². The summed E-state index contributed by atoms with van der Waals surface area (Å²) in [6.07, 6.45) is 20.2. The zero-order valence-electron chi connectivity index (χ0n) is 88.2. The molecule has 10 aliphatic rings. The zero-order valence-corrected chi connectivity index (χ0v) is 88.2. The van der Waals surface area contributed by atoms with Gasteiger partial charge in [0.25, 0.3) is 0 Å². The average Bonchev–Trinajstić information content (AvgIpc) is 1.65. The van der Waals surface area contributed by atoms with Crippen LogP contribution in [0.4, 0.5) is 41.8 Å². The standard InChI is InChI=1S/C91H138N12O21.C19H29NO4/c1-67(2)82(106)31-38-94-85-99-86(102(43-51-117-59-55-113-47-32-68(104)21-19-36-95-88(109)121-63-78-70-23-11-3-4-12-24-71(70)78)45-53-119-61-57-115-49-34-83(107)92-39-41-97-90(111)123-65-80-74-27-15-7-8-16-28-75(74)80)101-87(100-85)103(44-52-118-60-56-114-48-33-69(105)22-20-37-96-89(110)122-64-79-72-25-13-5-6-14-26-73(72)79)46-54-120-62-58-116-50-35-84(108)93-40-42-98-91(112)124-66-81-76-29-17-9-10-18-30-77(76)81;1-14(2)18(21)9-11-23-12-10-20-19(22)24-13-17-15-7-5-3-4-6-8-16(15)17/h67,70-81H,11-66H2,1-2H3,(H,92,107)(H,93,108)(H,95,109)(H,96,110)(H,97,111)(H,98,112)(H,94,99,100,101);14-17H,5-13H2,1-2H3,(H,20,22)/t70-,71+,72-,73+,74-,75+,76-,77+,78?,79?,80?,81?;15-,16+,17?. The minimum absolute atomic E-state index is 0.0138. The summed E-state index contributed by atoms with van der Waals surface area (Å²) in [6.45, 7) is 16.7. The Bertz CT molecular complexity index is 4060. The number of hydrogen-bond donors (Lipinski definition) is 8. The van der Waals surface area contributed by atoms with E-state index in [1.807, 2.05) is 37.5 Å². The maximum absolute atomic E-state index is 12.9. The number of nitrogens with zero attached hydrogens (tertiary/aromatic N) is 5. The molecule has 1 heterocycles. The number of anilines is 3. The van der Waals surface area contributed by atoms with Gasteiger partial charge in [-0.05, 0) is 166 Å². The van der Waals surface area contributed by atoms with Crippen molar-refractivity contribution in [2.45, 2.75) is 220 Å². The second kappa shape index (κ2) is 70.8. The molecule has 5 unspecified atom stereocenters. The fourth-order valence-corrected chi connectivity index (χ4v) is 20.0. The second-order valence-corrected chi connectivity index (χ2v) is 40.1. The number of rotatable bonds is 74. The SMILES string of the molecule is CC(C)C(=O)CCNc1nc(N(CCOCCOCCC(=O)CCCNC(=O)OCC2[C@H]3CCC#CCC[C@@H]23)CCOCCOCCC(=O)NCCNC(=O)OCC2[C@H]3CCC#CCC[C@@H]23)nc(N(CCOCCOCCC(=O)CCCNC(=O)OCC2[C@H]3CCC#CCC[C@@H]23)CCOCCOCCC(=O)NCCNC(=O)OCC2[C@H]3CCC#CCC[C@@H]23)n1.CC(C)C(=O)CCOCCNC(=O)OCC1[C@H]2CCC#CCC[C@@H]12. The zero-order chi connectivity index (χ0) is 105. The highest BCUT2D eigenvalue weighted by Crippen LogP contribution is 2.56. The van der Waals surface area contributed by atoms with Crippen molar-refractivity contribution >= 4 is 83.3 Å². The molecule has 0 aliphatic heterocycles. The molecule has 5 saturated carbocycles. The number of aromatic nitrogens is 3. The van der Waals surface area contributed by atoms with E-state index in [9.17, 15) is 52.7 Å². The van der Waals surface area contributed by atoms with Crippen LogP contribution in [0.25, 0.3) is 0 Å². The van der Waals surface area contributed by atoms with Gasteiger partial charge in [-0.3, -0.25) is 28.8 Å². The average molecular weight is 2070 g/mol. The van der Waals surface area contributed by atoms with Gasteiger partial charge in [-0.2, -0.15) is 15.0 Å². The van der Waals surface area contributed by atoms with Crippen LogP contribution in [-0.2, 0) is 95.1 Å². The van der Waals surface area contributed by atoms with Gasteiger partial charge >= 0.3 is 30.5 Å². The van der Waals surface area contributed by atoms with E-state index >= 15 is 0 Å². The molecule has 10 aliphatic carbocycles. The third-order valence-corrected chi connectivity index (χ3v) is 29.1. The molecular formula is C110H167N13O25. The van der Waals surface area contributed by atoms with E-state index in [1.54, 1.807) is 0 Å². The van der Waals surface area contributed by atoms with Crippen LogP contribution in [0.5, 0.6) is 0 Å². The lowest BCUT2D eigenvalue weighted by atomic mass is 10.1. The van der Waals surface area contributed by atoms with Crippen LogP contribution < -0.4 is 52.3 Å². The topological polar surface area (TPSA) is 458 Å². The molecule has 5 fully saturated rings. The molecule has 0 saturated heterocycles. The molecule has 8 N–H and O–H groups in total. The molecular weight excluding hydrogens is 1900 g/mol. The van der Waals surface area contributed by atoms with Crippen LogP contribution in [0.2, 0.25) is 0 Å². The van der Waals surface area contributed by atoms with Gasteiger partial charge in [0, 0.05) is 206 Å². The Labute approximate surface area is 875 Å². The molecule has 0 aromatic carbocycles. The molecule has 1 aromatic heterocycles. The Kier molecular flexibility index (Phi) is 57.2. The maximum atomic E-state index is 12.9. The number of carbonyl (C=O) groups is 11. The summed E-state index contributed by atoms with van der Waals surface area (Å²) in [7, 11) is 0. The number of fused-ring (bicyclic) bond motifs is 5. The Morgan fingerprint density at radius 1 is 0.264 bits per heavy atom. The smallest absolute Gasteiger partial charge is 0.407 e. The summed E-state index contributed by atoms with van der Waals surface area (Å²) in [4.78, 5) is 155. The van der Waals surface area contributed by atoms with Crippen molar-refractivity contribution in [3.8, 4) is 59.2 Å². The third-order valence-electron chi connectivity index (χ3n) is 29.1. The van der Waals surface area contributed by atoms with E-state index in [1.165, 1.54) is 0 Å². The Hall–Kier alpha value is -10.2. The molecule has 38 nitrogen and oxygen atoms in total. The van der Waals surface area contributed by atoms with E-state index in [2.05, 4.69) is 102 Å². The summed E-state index contributed by atoms with van der Waals surface area (Å²) in [6, 6.07) is 0. The van der Waals surface area contributed by atoms with E-state index in [-0.39, 0.29) is 280 Å². The summed E-state index contributed by atoms with van der Waals surface area (Å²) >= 11 is 0. The lowest BCUT2D eigenvalue weighted by Crippen LogP contribution is -2.36. The fourth-order valence-electron chi connectivity index (χ4n) is 20.0. The largest absolute Gasteiger partial charge is 0.449 e. The number of carbonyl (C=O) groups excluding carboxylic acids is 11. The van der Waals surface area contributed by atoms with Gasteiger partial charge in [-0.1, -0.05) is 27.7 Å². The van der Waals surface area contributed by atoms with Gasteiger partial charge in [0.1, 0.15) is 23.1 Å². The molecule has 0 radical (unpaired) electrons. The van der Waals surface area contributed by atoms with Crippen LogP contribution in [0.1, 0.15) is 220 Å². The first-order chi connectivity index (χ1) is 72.3. The summed E-state index contributed by atoms with van der Waals surface area (Å²) in [5, 5.41) is 22.5. The molecule has 11 rings (SSSR count). The third kappa shape index (κ3) is 48.8. The van der Waals surface area contributed by atoms with Crippen LogP contribution in [0, 0.1) is 160 Å². The van der Waals surface area contributed by atoms with Gasteiger partial charge < -0.3 is 119 Å². The molecule has 7 amide bonds. The summed E-state index contributed by atoms with van der Waals surface area (Å²) in [5.74, 6) is 40.4. The normalized spacial score (nSPS) is 22.5. The highest BCUT2D eigenvalue weighted by molar-refractivity contribution is 5.81. The van der Waals surface area contributed by atoms with Crippen LogP contribution in [0.15, 0.2) is 0 Å². The van der Waals surface area contributed by atoms with Crippen molar-refractivity contribution in [2.24, 2.45) is 101 Å². The lowest BCUT2D eigenvalue weighted by molar-refractivity contribution is -0.123. The first-order valence-corrected chi connectivity index (χ1v) is 54.9. The van der Waals surface area contributed by atoms with Crippen molar-refractivity contribution in [3.63, 3.8) is 0 Å². The lowest BCUT2D eigenvalue weighted by Gasteiger charge is -2.27. The number of amides is 7. The van der Waals surface area contributed by atoms with E-state index in [0.717, 1.165) is 128 Å². The van der Waals surface area contributed by atoms with Crippen LogP contribution in [-0.4, -0.2) is 311 Å². The van der Waals surface area contributed by atoms with Gasteiger partial charge in [0.15, 0.2) is 0 Å². The minimum Gasteiger partial charge on any atom is -0.449 e. The number of Topliss-reactive ketones (excluding diaryl/α,β-unsaturated/α-hetero) is 4.